The second kappa shape index (κ2) is 7.52. The number of carbonyl (C=O) groups excluding carboxylic acids is 2. The van der Waals surface area contributed by atoms with E-state index in [0.29, 0.717) is 16.5 Å². The van der Waals surface area contributed by atoms with Crippen LogP contribution in [0.5, 0.6) is 5.75 Å². The number of hydrogen-bond donors (Lipinski definition) is 1. The molecule has 1 fully saturated rings. The van der Waals surface area contributed by atoms with Gasteiger partial charge in [0.05, 0.1) is 12.8 Å². The lowest BCUT2D eigenvalue weighted by Crippen LogP contribution is -2.44. The molecule has 0 radical (unpaired) electrons. The topological polar surface area (TPSA) is 97.1 Å². The van der Waals surface area contributed by atoms with Gasteiger partial charge in [-0.25, -0.2) is 4.79 Å². The van der Waals surface area contributed by atoms with Crippen molar-refractivity contribution in [2.24, 2.45) is 0 Å². The van der Waals surface area contributed by atoms with Gasteiger partial charge >= 0.3 is 11.9 Å². The number of nitrogen functional groups attached to an aromatic ring is 1. The van der Waals surface area contributed by atoms with Crippen molar-refractivity contribution in [3.05, 3.63) is 23.2 Å². The summed E-state index contributed by atoms with van der Waals surface area (Å²) in [6.07, 6.45) is -1.71. The average Bonchev–Trinajstić information content (AvgIpc) is 2.48. The summed E-state index contributed by atoms with van der Waals surface area (Å²) in [5, 5.41) is 0.477. The fraction of sp³-hybridized carbons (Fsp3) is 0.467. The number of methoxy groups -OCH3 is 1. The summed E-state index contributed by atoms with van der Waals surface area (Å²) in [5.74, 6) is -0.628. The van der Waals surface area contributed by atoms with Crippen LogP contribution in [0.4, 0.5) is 5.69 Å². The molecule has 1 aromatic carbocycles. The molecule has 0 spiro atoms. The number of ether oxygens (including phenoxy) is 4. The highest BCUT2D eigenvalue weighted by molar-refractivity contribution is 6.30. The first-order valence-corrected chi connectivity index (χ1v) is 7.39. The first-order chi connectivity index (χ1) is 10.9. The first kappa shape index (κ1) is 17.4. The molecule has 3 unspecified atom stereocenters. The van der Waals surface area contributed by atoms with Crippen molar-refractivity contribution in [2.75, 3.05) is 12.8 Å². The molecule has 1 aliphatic heterocycles. The van der Waals surface area contributed by atoms with Gasteiger partial charge in [0.15, 0.2) is 6.10 Å². The molecule has 2 rings (SSSR count). The molecule has 1 saturated heterocycles. The minimum atomic E-state index is -0.878. The third-order valence-corrected chi connectivity index (χ3v) is 3.51. The molecule has 1 aromatic rings. The Hall–Kier alpha value is -1.99. The molecule has 0 bridgehead atoms. The Labute approximate surface area is 138 Å². The zero-order valence-electron chi connectivity index (χ0n) is 12.8. The second-order valence-corrected chi connectivity index (χ2v) is 5.52. The number of benzene rings is 1. The van der Waals surface area contributed by atoms with E-state index in [4.69, 9.17) is 31.5 Å². The van der Waals surface area contributed by atoms with Crippen LogP contribution < -0.4 is 10.5 Å². The van der Waals surface area contributed by atoms with Crippen LogP contribution in [0.15, 0.2) is 18.2 Å². The minimum Gasteiger partial charge on any atom is -0.467 e. The molecule has 0 aliphatic carbocycles. The molecule has 1 heterocycles. The van der Waals surface area contributed by atoms with Gasteiger partial charge in [0.25, 0.3) is 0 Å². The Bertz CT molecular complexity index is 593. The summed E-state index contributed by atoms with van der Waals surface area (Å²) in [6, 6.07) is 4.77. The fourth-order valence-corrected chi connectivity index (χ4v) is 2.48. The van der Waals surface area contributed by atoms with Crippen molar-refractivity contribution < 1.29 is 28.5 Å². The number of carbonyl (C=O) groups is 2. The van der Waals surface area contributed by atoms with E-state index in [-0.39, 0.29) is 12.8 Å². The third-order valence-electron chi connectivity index (χ3n) is 3.28. The van der Waals surface area contributed by atoms with Crippen molar-refractivity contribution >= 4 is 29.2 Å². The van der Waals surface area contributed by atoms with Gasteiger partial charge in [0, 0.05) is 24.8 Å². The minimum absolute atomic E-state index is 0.211. The second-order valence-electron chi connectivity index (χ2n) is 5.08. The van der Waals surface area contributed by atoms with Gasteiger partial charge in [-0.05, 0) is 18.2 Å². The van der Waals surface area contributed by atoms with Gasteiger partial charge in [0.1, 0.15) is 11.9 Å². The Balaban J connectivity index is 2.11. The predicted octanol–water partition coefficient (Wildman–Crippen LogP) is 1.91. The lowest BCUT2D eigenvalue weighted by atomic mass is 10.0. The Kier molecular flexibility index (Phi) is 5.68. The highest BCUT2D eigenvalue weighted by atomic mass is 35.5. The SMILES string of the molecule is COC(=O)C1CC(OC(C)=O)CC(Oc2ccc(Cl)cc2N)O1. The summed E-state index contributed by atoms with van der Waals surface area (Å²) in [6.45, 7) is 1.30. The molecular formula is C15H18ClNO6. The molecule has 1 aliphatic rings. The van der Waals surface area contributed by atoms with Crippen LogP contribution in [0.3, 0.4) is 0 Å². The molecule has 3 atom stereocenters. The van der Waals surface area contributed by atoms with E-state index in [1.165, 1.54) is 14.0 Å². The molecule has 8 heteroatoms. The zero-order chi connectivity index (χ0) is 17.0. The Morgan fingerprint density at radius 3 is 2.70 bits per heavy atom. The quantitative estimate of drug-likeness (QED) is 0.658. The van der Waals surface area contributed by atoms with Crippen molar-refractivity contribution in [1.82, 2.24) is 0 Å². The number of hydrogen-bond acceptors (Lipinski definition) is 7. The summed E-state index contributed by atoms with van der Waals surface area (Å²) >= 11 is 5.84. The van der Waals surface area contributed by atoms with Crippen LogP contribution in [0.2, 0.25) is 5.02 Å². The molecule has 2 N–H and O–H groups in total. The smallest absolute Gasteiger partial charge is 0.335 e. The summed E-state index contributed by atoms with van der Waals surface area (Å²) in [4.78, 5) is 22.9. The molecule has 0 aromatic heterocycles. The van der Waals surface area contributed by atoms with Gasteiger partial charge in [-0.2, -0.15) is 0 Å². The van der Waals surface area contributed by atoms with E-state index in [2.05, 4.69) is 4.74 Å². The van der Waals surface area contributed by atoms with E-state index in [1.54, 1.807) is 18.2 Å². The van der Waals surface area contributed by atoms with E-state index >= 15 is 0 Å². The van der Waals surface area contributed by atoms with Crippen LogP contribution in [-0.4, -0.2) is 37.5 Å². The Morgan fingerprint density at radius 2 is 2.09 bits per heavy atom. The first-order valence-electron chi connectivity index (χ1n) is 7.01. The highest BCUT2D eigenvalue weighted by Crippen LogP contribution is 2.30. The van der Waals surface area contributed by atoms with Crippen molar-refractivity contribution in [1.29, 1.82) is 0 Å². The maximum absolute atomic E-state index is 11.7. The van der Waals surface area contributed by atoms with Crippen LogP contribution in [0, 0.1) is 0 Å². The van der Waals surface area contributed by atoms with Crippen LogP contribution >= 0.6 is 11.6 Å². The summed E-state index contributed by atoms with van der Waals surface area (Å²) in [5.41, 5.74) is 6.17. The maximum atomic E-state index is 11.7. The zero-order valence-corrected chi connectivity index (χ0v) is 13.5. The Morgan fingerprint density at radius 1 is 1.35 bits per heavy atom. The fourth-order valence-electron chi connectivity index (χ4n) is 2.30. The van der Waals surface area contributed by atoms with E-state index in [0.717, 1.165) is 0 Å². The lowest BCUT2D eigenvalue weighted by molar-refractivity contribution is -0.204. The van der Waals surface area contributed by atoms with Crippen molar-refractivity contribution in [3.63, 3.8) is 0 Å². The van der Waals surface area contributed by atoms with Crippen LogP contribution in [-0.2, 0) is 23.8 Å². The van der Waals surface area contributed by atoms with Gasteiger partial charge in [0.2, 0.25) is 6.29 Å². The van der Waals surface area contributed by atoms with E-state index in [9.17, 15) is 9.59 Å². The molecule has 0 amide bonds. The summed E-state index contributed by atoms with van der Waals surface area (Å²) in [7, 11) is 1.26. The number of halogens is 1. The number of anilines is 1. The normalized spacial score (nSPS) is 23.9. The van der Waals surface area contributed by atoms with Gasteiger partial charge in [-0.3, -0.25) is 4.79 Å². The van der Waals surface area contributed by atoms with Gasteiger partial charge in [-0.1, -0.05) is 11.6 Å². The molecular weight excluding hydrogens is 326 g/mol. The highest BCUT2D eigenvalue weighted by Gasteiger charge is 2.37. The average molecular weight is 344 g/mol. The monoisotopic (exact) mass is 343 g/mol. The number of rotatable bonds is 4. The maximum Gasteiger partial charge on any atom is 0.335 e. The van der Waals surface area contributed by atoms with Crippen LogP contribution in [0.1, 0.15) is 19.8 Å². The van der Waals surface area contributed by atoms with Crippen molar-refractivity contribution in [3.8, 4) is 5.75 Å². The summed E-state index contributed by atoms with van der Waals surface area (Å²) < 4.78 is 21.1. The lowest BCUT2D eigenvalue weighted by Gasteiger charge is -2.33. The molecule has 126 valence electrons. The van der Waals surface area contributed by atoms with Gasteiger partial charge < -0.3 is 24.7 Å². The molecule has 0 saturated carbocycles. The third kappa shape index (κ3) is 4.74. The molecule has 23 heavy (non-hydrogen) atoms. The van der Waals surface area contributed by atoms with E-state index in [1.807, 2.05) is 0 Å². The standard InChI is InChI=1S/C15H18ClNO6/c1-8(18)21-10-6-13(15(19)20-2)23-14(7-10)22-12-4-3-9(16)5-11(12)17/h3-5,10,13-14H,6-7,17H2,1-2H3. The number of esters is 2. The molecule has 7 nitrogen and oxygen atoms in total. The van der Waals surface area contributed by atoms with E-state index < -0.39 is 30.4 Å². The van der Waals surface area contributed by atoms with Crippen molar-refractivity contribution in [2.45, 2.75) is 38.3 Å². The largest absolute Gasteiger partial charge is 0.467 e. The predicted molar refractivity (Wildman–Crippen MR) is 82.0 cm³/mol. The number of nitrogens with two attached hydrogens (primary N) is 1. The van der Waals surface area contributed by atoms with Gasteiger partial charge in [-0.15, -0.1) is 0 Å². The van der Waals surface area contributed by atoms with Crippen LogP contribution in [0.25, 0.3) is 0 Å².